The number of amides is 1. The number of carbonyl (C=O) groups is 1. The first kappa shape index (κ1) is 15.1. The highest BCUT2D eigenvalue weighted by molar-refractivity contribution is 6.05. The molecule has 7 nitrogen and oxygen atoms in total. The van der Waals surface area contributed by atoms with Gasteiger partial charge in [-0.1, -0.05) is 0 Å². The van der Waals surface area contributed by atoms with Crippen molar-refractivity contribution in [3.05, 3.63) is 60.3 Å². The number of nitrogens with one attached hydrogen (secondary N) is 2. The van der Waals surface area contributed by atoms with Crippen LogP contribution in [0.1, 0.15) is 15.9 Å². The lowest BCUT2D eigenvalue weighted by atomic mass is 10.1. The number of aryl methyl sites for hydroxylation is 2. The lowest BCUT2D eigenvalue weighted by molar-refractivity contribution is 0.102. The van der Waals surface area contributed by atoms with Crippen LogP contribution in [0.5, 0.6) is 0 Å². The van der Waals surface area contributed by atoms with Gasteiger partial charge in [0, 0.05) is 42.8 Å². The largest absolute Gasteiger partial charge is 0.346 e. The van der Waals surface area contributed by atoms with Gasteiger partial charge in [0.05, 0.1) is 11.8 Å². The molecule has 0 aliphatic heterocycles. The fraction of sp³-hybridized carbons (Fsp3) is 0.111. The fourth-order valence-corrected chi connectivity index (χ4v) is 2.70. The Hall–Kier alpha value is -3.48. The van der Waals surface area contributed by atoms with Crippen LogP contribution in [0.15, 0.2) is 49.2 Å². The summed E-state index contributed by atoms with van der Waals surface area (Å²) in [5.41, 5.74) is 4.21. The molecule has 0 atom stereocenters. The minimum Gasteiger partial charge on any atom is -0.346 e. The van der Waals surface area contributed by atoms with Crippen molar-refractivity contribution in [3.8, 4) is 11.1 Å². The zero-order chi connectivity index (χ0) is 17.4. The molecule has 25 heavy (non-hydrogen) atoms. The van der Waals surface area contributed by atoms with Gasteiger partial charge < -0.3 is 10.3 Å². The van der Waals surface area contributed by atoms with E-state index in [4.69, 9.17) is 0 Å². The van der Waals surface area contributed by atoms with Crippen LogP contribution in [0.3, 0.4) is 0 Å². The number of carbonyl (C=O) groups excluding carboxylic acids is 1. The van der Waals surface area contributed by atoms with Crippen LogP contribution in [-0.2, 0) is 7.05 Å². The second kappa shape index (κ2) is 5.86. The number of hydrogen-bond donors (Lipinski definition) is 2. The van der Waals surface area contributed by atoms with Crippen LogP contribution in [0.25, 0.3) is 22.2 Å². The van der Waals surface area contributed by atoms with Crippen LogP contribution in [0.2, 0.25) is 0 Å². The number of aromatic amines is 1. The molecule has 4 aromatic heterocycles. The Morgan fingerprint density at radius 2 is 2.08 bits per heavy atom. The summed E-state index contributed by atoms with van der Waals surface area (Å²) in [4.78, 5) is 24.1. The molecule has 0 bridgehead atoms. The molecule has 4 heterocycles. The van der Waals surface area contributed by atoms with E-state index in [0.717, 1.165) is 27.7 Å². The third kappa shape index (κ3) is 2.87. The number of anilines is 1. The Balaban J connectivity index is 1.60. The molecule has 0 spiro atoms. The second-order valence-corrected chi connectivity index (χ2v) is 5.88. The second-order valence-electron chi connectivity index (χ2n) is 5.88. The molecule has 7 heteroatoms. The molecule has 1 amide bonds. The summed E-state index contributed by atoms with van der Waals surface area (Å²) in [7, 11) is 1.86. The fourth-order valence-electron chi connectivity index (χ4n) is 2.70. The van der Waals surface area contributed by atoms with Gasteiger partial charge in [-0.25, -0.2) is 9.97 Å². The summed E-state index contributed by atoms with van der Waals surface area (Å²) >= 11 is 0. The predicted octanol–water partition coefficient (Wildman–Crippen LogP) is 2.92. The van der Waals surface area contributed by atoms with Gasteiger partial charge in [-0.2, -0.15) is 5.10 Å². The average Bonchev–Trinajstić information content (AvgIpc) is 3.21. The lowest BCUT2D eigenvalue weighted by Gasteiger charge is -2.06. The maximum absolute atomic E-state index is 12.5. The first-order chi connectivity index (χ1) is 12.1. The molecule has 4 rings (SSSR count). The van der Waals surface area contributed by atoms with Gasteiger partial charge in [-0.05, 0) is 36.2 Å². The Bertz CT molecular complexity index is 1080. The van der Waals surface area contributed by atoms with Gasteiger partial charge in [-0.3, -0.25) is 9.48 Å². The Morgan fingerprint density at radius 1 is 1.20 bits per heavy atom. The topological polar surface area (TPSA) is 88.5 Å². The lowest BCUT2D eigenvalue weighted by Crippen LogP contribution is -2.13. The van der Waals surface area contributed by atoms with Crippen LogP contribution < -0.4 is 5.32 Å². The van der Waals surface area contributed by atoms with E-state index in [0.29, 0.717) is 11.4 Å². The van der Waals surface area contributed by atoms with Gasteiger partial charge in [0.25, 0.3) is 5.91 Å². The number of hydrogen-bond acceptors (Lipinski definition) is 4. The van der Waals surface area contributed by atoms with Crippen molar-refractivity contribution in [2.45, 2.75) is 6.92 Å². The molecule has 0 radical (unpaired) electrons. The molecule has 0 aliphatic carbocycles. The van der Waals surface area contributed by atoms with E-state index in [-0.39, 0.29) is 5.91 Å². The number of fused-ring (bicyclic) bond motifs is 1. The van der Waals surface area contributed by atoms with Crippen molar-refractivity contribution in [2.24, 2.45) is 7.05 Å². The van der Waals surface area contributed by atoms with E-state index in [2.05, 4.69) is 25.4 Å². The molecule has 0 fully saturated rings. The molecule has 4 aromatic rings. The summed E-state index contributed by atoms with van der Waals surface area (Å²) in [6, 6.07) is 5.53. The molecule has 2 N–H and O–H groups in total. The summed E-state index contributed by atoms with van der Waals surface area (Å²) in [5, 5.41) is 7.92. The Morgan fingerprint density at radius 3 is 2.88 bits per heavy atom. The monoisotopic (exact) mass is 332 g/mol. The van der Waals surface area contributed by atoms with Gasteiger partial charge in [0.15, 0.2) is 0 Å². The third-order valence-corrected chi connectivity index (χ3v) is 4.04. The minimum atomic E-state index is -0.245. The normalized spacial score (nSPS) is 11.0. The zero-order valence-electron chi connectivity index (χ0n) is 13.8. The highest BCUT2D eigenvalue weighted by Crippen LogP contribution is 2.21. The average molecular weight is 332 g/mol. The highest BCUT2D eigenvalue weighted by atomic mass is 16.1. The van der Waals surface area contributed by atoms with Crippen molar-refractivity contribution < 1.29 is 4.79 Å². The first-order valence-corrected chi connectivity index (χ1v) is 7.80. The summed E-state index contributed by atoms with van der Waals surface area (Å²) < 4.78 is 1.73. The van der Waals surface area contributed by atoms with E-state index in [9.17, 15) is 4.79 Å². The summed E-state index contributed by atoms with van der Waals surface area (Å²) in [6.45, 7) is 1.97. The molecular weight excluding hydrogens is 316 g/mol. The number of rotatable bonds is 3. The van der Waals surface area contributed by atoms with E-state index < -0.39 is 0 Å². The van der Waals surface area contributed by atoms with Crippen molar-refractivity contribution in [3.63, 3.8) is 0 Å². The maximum atomic E-state index is 12.5. The van der Waals surface area contributed by atoms with Crippen LogP contribution >= 0.6 is 0 Å². The highest BCUT2D eigenvalue weighted by Gasteiger charge is 2.11. The zero-order valence-corrected chi connectivity index (χ0v) is 13.8. The number of aromatic nitrogens is 5. The molecule has 0 aromatic carbocycles. The number of nitrogens with zero attached hydrogens (tertiary/aromatic N) is 4. The van der Waals surface area contributed by atoms with Gasteiger partial charge in [-0.15, -0.1) is 0 Å². The molecule has 0 saturated carbocycles. The van der Waals surface area contributed by atoms with Gasteiger partial charge in [0.2, 0.25) is 0 Å². The SMILES string of the molecule is Cc1c[nH]c2ncc(C(=O)Nc3cc(-c4cnn(C)c4)ccn3)cc12. The standard InChI is InChI=1S/C18H16N6O/c1-11-7-20-17-15(11)5-13(8-21-17)18(25)23-16-6-12(3-4-19-16)14-9-22-24(2)10-14/h3-10H,1-2H3,(H,20,21)(H,19,23,25). The van der Waals surface area contributed by atoms with Crippen molar-refractivity contribution in [1.29, 1.82) is 0 Å². The minimum absolute atomic E-state index is 0.245. The van der Waals surface area contributed by atoms with Crippen molar-refractivity contribution in [2.75, 3.05) is 5.32 Å². The van der Waals surface area contributed by atoms with Crippen molar-refractivity contribution >= 4 is 22.8 Å². The van der Waals surface area contributed by atoms with Gasteiger partial charge in [0.1, 0.15) is 11.5 Å². The van der Waals surface area contributed by atoms with Crippen molar-refractivity contribution in [1.82, 2.24) is 24.7 Å². The first-order valence-electron chi connectivity index (χ1n) is 7.80. The van der Waals surface area contributed by atoms with E-state index in [1.165, 1.54) is 0 Å². The molecule has 0 aliphatic rings. The predicted molar refractivity (Wildman–Crippen MR) is 95.2 cm³/mol. The summed E-state index contributed by atoms with van der Waals surface area (Å²) in [5.74, 6) is 0.239. The van der Waals surface area contributed by atoms with Crippen LogP contribution in [0, 0.1) is 6.92 Å². The Labute approximate surface area is 143 Å². The molecule has 124 valence electrons. The number of pyridine rings is 2. The molecule has 0 unspecified atom stereocenters. The van der Waals surface area contributed by atoms with E-state index in [1.54, 1.807) is 23.3 Å². The number of H-pyrrole nitrogens is 1. The van der Waals surface area contributed by atoms with Crippen LogP contribution in [-0.4, -0.2) is 30.6 Å². The van der Waals surface area contributed by atoms with E-state index >= 15 is 0 Å². The van der Waals surface area contributed by atoms with Gasteiger partial charge >= 0.3 is 0 Å². The van der Waals surface area contributed by atoms with E-state index in [1.807, 2.05) is 44.6 Å². The Kier molecular flexibility index (Phi) is 3.53. The molecular formula is C18H16N6O. The molecule has 0 saturated heterocycles. The third-order valence-electron chi connectivity index (χ3n) is 4.04. The summed E-state index contributed by atoms with van der Waals surface area (Å²) in [6.07, 6.45) is 8.77. The quantitative estimate of drug-likeness (QED) is 0.604. The smallest absolute Gasteiger partial charge is 0.258 e. The maximum Gasteiger partial charge on any atom is 0.258 e. The van der Waals surface area contributed by atoms with Crippen LogP contribution in [0.4, 0.5) is 5.82 Å².